The van der Waals surface area contributed by atoms with Crippen LogP contribution in [0.2, 0.25) is 0 Å². The van der Waals surface area contributed by atoms with Gasteiger partial charge in [-0.25, -0.2) is 9.78 Å². The molecular formula is C34H35N5O3. The number of carbonyl (C=O) groups excluding carboxylic acids is 1. The first-order chi connectivity index (χ1) is 20.5. The van der Waals surface area contributed by atoms with Crippen molar-refractivity contribution >= 4 is 22.7 Å². The molecule has 2 aliphatic heterocycles. The maximum atomic E-state index is 13.7. The zero-order valence-corrected chi connectivity index (χ0v) is 24.0. The van der Waals surface area contributed by atoms with Gasteiger partial charge in [0, 0.05) is 42.8 Å². The number of aromatic nitrogens is 3. The summed E-state index contributed by atoms with van der Waals surface area (Å²) in [6.07, 6.45) is 10.8. The first-order valence-electron chi connectivity index (χ1n) is 14.5. The van der Waals surface area contributed by atoms with Gasteiger partial charge in [0.2, 0.25) is 5.78 Å². The summed E-state index contributed by atoms with van der Waals surface area (Å²) in [5.41, 5.74) is 6.44. The van der Waals surface area contributed by atoms with Crippen LogP contribution in [0.4, 0.5) is 0 Å². The standard InChI is InChI=1S/C34H35N5O3/c1-23-19-26(20-24(2)32(23)42-22-25-9-4-3-5-10-25)31(40)29-21-28(11-6-7-15-35-29)38-17-13-27(14-18-38)39-30-12-8-16-36-33(30)37-34(39)41/h3-5,7-10,12,15-16,19-21,27H,6,11,13-14,17-18,22H2,1-2H3,(H,36,37,41)/b15-7-,28-21+,35-29+. The third kappa shape index (κ3) is 5.70. The molecule has 8 nitrogen and oxygen atoms in total. The molecule has 1 saturated heterocycles. The molecular weight excluding hydrogens is 526 g/mol. The van der Waals surface area contributed by atoms with Crippen LogP contribution in [0.3, 0.4) is 0 Å². The zero-order chi connectivity index (χ0) is 29.1. The average molecular weight is 562 g/mol. The van der Waals surface area contributed by atoms with Crippen molar-refractivity contribution in [2.24, 2.45) is 4.99 Å². The fraction of sp³-hybridized carbons (Fsp3) is 0.294. The summed E-state index contributed by atoms with van der Waals surface area (Å²) in [6, 6.07) is 17.8. The Kier molecular flexibility index (Phi) is 7.86. The van der Waals surface area contributed by atoms with Crippen LogP contribution in [0.25, 0.3) is 11.2 Å². The Labute approximate surface area is 245 Å². The monoisotopic (exact) mass is 561 g/mol. The molecule has 0 amide bonds. The number of aliphatic imine (C=N–C) groups is 1. The molecule has 0 saturated carbocycles. The summed E-state index contributed by atoms with van der Waals surface area (Å²) >= 11 is 0. The van der Waals surface area contributed by atoms with Gasteiger partial charge in [0.1, 0.15) is 18.1 Å². The van der Waals surface area contributed by atoms with Gasteiger partial charge in [-0.1, -0.05) is 36.4 Å². The second-order valence-corrected chi connectivity index (χ2v) is 11.0. The molecule has 2 aromatic carbocycles. The number of ketones is 1. The molecule has 2 aromatic heterocycles. The normalized spacial score (nSPS) is 19.3. The number of carbonyl (C=O) groups is 1. The molecule has 4 aromatic rings. The second-order valence-electron chi connectivity index (χ2n) is 11.0. The van der Waals surface area contributed by atoms with E-state index in [0.29, 0.717) is 23.5 Å². The molecule has 1 fully saturated rings. The summed E-state index contributed by atoms with van der Waals surface area (Å²) in [6.45, 7) is 6.02. The van der Waals surface area contributed by atoms with Crippen LogP contribution in [-0.4, -0.2) is 44.0 Å². The number of Topliss-reactive ketones (excluding diaryl/α,β-unsaturated/α-hetero) is 1. The van der Waals surface area contributed by atoms with Crippen molar-refractivity contribution in [3.8, 4) is 5.75 Å². The Hall–Kier alpha value is -4.72. The maximum absolute atomic E-state index is 13.7. The van der Waals surface area contributed by atoms with E-state index in [2.05, 4.69) is 19.9 Å². The number of imidazole rings is 1. The number of benzene rings is 2. The van der Waals surface area contributed by atoms with E-state index < -0.39 is 0 Å². The predicted molar refractivity (Wildman–Crippen MR) is 165 cm³/mol. The molecule has 8 heteroatoms. The van der Waals surface area contributed by atoms with Gasteiger partial charge in [-0.15, -0.1) is 0 Å². The lowest BCUT2D eigenvalue weighted by atomic mass is 9.98. The molecule has 42 heavy (non-hydrogen) atoms. The highest BCUT2D eigenvalue weighted by Crippen LogP contribution is 2.29. The Morgan fingerprint density at radius 1 is 1.05 bits per heavy atom. The fourth-order valence-corrected chi connectivity index (χ4v) is 6.00. The largest absolute Gasteiger partial charge is 0.488 e. The first-order valence-corrected chi connectivity index (χ1v) is 14.5. The van der Waals surface area contributed by atoms with Crippen LogP contribution >= 0.6 is 0 Å². The number of pyridine rings is 1. The number of aromatic amines is 1. The third-order valence-corrected chi connectivity index (χ3v) is 8.10. The van der Waals surface area contributed by atoms with Crippen LogP contribution in [0.1, 0.15) is 58.8 Å². The highest BCUT2D eigenvalue weighted by Gasteiger charge is 2.26. The lowest BCUT2D eigenvalue weighted by molar-refractivity contribution is 0.106. The number of ether oxygens (including phenoxy) is 1. The van der Waals surface area contributed by atoms with Gasteiger partial charge in [-0.2, -0.15) is 0 Å². The Bertz CT molecular complexity index is 1730. The number of hydrogen-bond donors (Lipinski definition) is 1. The van der Waals surface area contributed by atoms with Crippen LogP contribution in [0.5, 0.6) is 5.75 Å². The number of piperidine rings is 1. The van der Waals surface area contributed by atoms with E-state index in [9.17, 15) is 9.59 Å². The lowest BCUT2D eigenvalue weighted by Gasteiger charge is -2.36. The second kappa shape index (κ2) is 12.0. The SMILES string of the molecule is Cc1cc(C(=O)C2=N/C=C\CC/C(N3CCC(n4c(=O)[nH]c5ncccc54)CC3)=C\2)cc(C)c1OCc1ccccc1. The van der Waals surface area contributed by atoms with Crippen LogP contribution in [-0.2, 0) is 6.61 Å². The van der Waals surface area contributed by atoms with Crippen molar-refractivity contribution < 1.29 is 9.53 Å². The van der Waals surface area contributed by atoms with Crippen molar-refractivity contribution in [1.82, 2.24) is 19.4 Å². The number of nitrogens with zero attached hydrogens (tertiary/aromatic N) is 4. The minimum Gasteiger partial charge on any atom is -0.488 e. The molecule has 4 heterocycles. The Balaban J connectivity index is 1.18. The molecule has 0 spiro atoms. The lowest BCUT2D eigenvalue weighted by Crippen LogP contribution is -2.37. The van der Waals surface area contributed by atoms with Gasteiger partial charge >= 0.3 is 5.69 Å². The summed E-state index contributed by atoms with van der Waals surface area (Å²) < 4.78 is 7.99. The molecule has 1 N–H and O–H groups in total. The topological polar surface area (TPSA) is 92.6 Å². The van der Waals surface area contributed by atoms with E-state index in [1.54, 1.807) is 12.4 Å². The minimum atomic E-state index is -0.112. The minimum absolute atomic E-state index is 0.101. The highest BCUT2D eigenvalue weighted by atomic mass is 16.5. The van der Waals surface area contributed by atoms with Gasteiger partial charge in [0.15, 0.2) is 5.65 Å². The van der Waals surface area contributed by atoms with Gasteiger partial charge in [0.25, 0.3) is 0 Å². The van der Waals surface area contributed by atoms with Gasteiger partial charge in [-0.3, -0.25) is 19.3 Å². The van der Waals surface area contributed by atoms with E-state index >= 15 is 0 Å². The molecule has 0 atom stereocenters. The van der Waals surface area contributed by atoms with E-state index in [1.807, 2.05) is 85.2 Å². The summed E-state index contributed by atoms with van der Waals surface area (Å²) in [5, 5.41) is 0. The first kappa shape index (κ1) is 27.4. The van der Waals surface area contributed by atoms with Crippen molar-refractivity contribution in [2.75, 3.05) is 13.1 Å². The number of rotatable bonds is 7. The smallest absolute Gasteiger partial charge is 0.327 e. The van der Waals surface area contributed by atoms with Crippen molar-refractivity contribution in [3.05, 3.63) is 118 Å². The molecule has 0 unspecified atom stereocenters. The van der Waals surface area contributed by atoms with Crippen molar-refractivity contribution in [2.45, 2.75) is 52.2 Å². The van der Waals surface area contributed by atoms with E-state index in [4.69, 9.17) is 4.74 Å². The number of hydrogen-bond acceptors (Lipinski definition) is 6. The summed E-state index contributed by atoms with van der Waals surface area (Å²) in [7, 11) is 0. The maximum Gasteiger partial charge on any atom is 0.327 e. The van der Waals surface area contributed by atoms with E-state index in [0.717, 1.165) is 72.4 Å². The van der Waals surface area contributed by atoms with Crippen molar-refractivity contribution in [1.29, 1.82) is 0 Å². The van der Waals surface area contributed by atoms with Crippen molar-refractivity contribution in [3.63, 3.8) is 0 Å². The zero-order valence-electron chi connectivity index (χ0n) is 24.0. The Morgan fingerprint density at radius 3 is 2.57 bits per heavy atom. The fourth-order valence-electron chi connectivity index (χ4n) is 6.00. The van der Waals surface area contributed by atoms with Crippen LogP contribution in [0, 0.1) is 13.8 Å². The number of nitrogens with one attached hydrogen (secondary N) is 1. The highest BCUT2D eigenvalue weighted by molar-refractivity contribution is 6.50. The van der Waals surface area contributed by atoms with Crippen LogP contribution < -0.4 is 10.4 Å². The molecule has 0 aliphatic carbocycles. The summed E-state index contributed by atoms with van der Waals surface area (Å²) in [5.74, 6) is 0.701. The molecule has 2 aliphatic rings. The summed E-state index contributed by atoms with van der Waals surface area (Å²) in [4.78, 5) is 40.5. The van der Waals surface area contributed by atoms with Gasteiger partial charge in [0.05, 0.1) is 5.52 Å². The average Bonchev–Trinajstić information content (AvgIpc) is 3.32. The third-order valence-electron chi connectivity index (χ3n) is 8.10. The molecule has 0 bridgehead atoms. The van der Waals surface area contributed by atoms with E-state index in [1.165, 1.54) is 0 Å². The number of aryl methyl sites for hydroxylation is 2. The molecule has 6 rings (SSSR count). The van der Waals surface area contributed by atoms with Gasteiger partial charge in [-0.05, 0) is 86.6 Å². The van der Waals surface area contributed by atoms with E-state index in [-0.39, 0.29) is 17.5 Å². The number of fused-ring (bicyclic) bond motifs is 1. The van der Waals surface area contributed by atoms with Crippen LogP contribution in [0.15, 0.2) is 94.6 Å². The number of allylic oxidation sites excluding steroid dienone is 3. The number of likely N-dealkylation sites (tertiary alicyclic amines) is 1. The quantitative estimate of drug-likeness (QED) is 0.277. The molecule has 0 radical (unpaired) electrons. The Morgan fingerprint density at radius 2 is 1.81 bits per heavy atom. The predicted octanol–water partition coefficient (Wildman–Crippen LogP) is 6.07. The van der Waals surface area contributed by atoms with Gasteiger partial charge < -0.3 is 9.64 Å². The number of H-pyrrole nitrogens is 1. The molecule has 214 valence electrons.